The second kappa shape index (κ2) is 9.56. The molecule has 176 valence electrons. The summed E-state index contributed by atoms with van der Waals surface area (Å²) in [5.41, 5.74) is 3.45. The summed E-state index contributed by atoms with van der Waals surface area (Å²) in [5, 5.41) is 11.6. The molecule has 1 unspecified atom stereocenters. The quantitative estimate of drug-likeness (QED) is 0.305. The Morgan fingerprint density at radius 3 is 2.69 bits per heavy atom. The molecular weight excluding hydrogens is 530 g/mol. The van der Waals surface area contributed by atoms with Crippen molar-refractivity contribution in [2.24, 2.45) is 0 Å². The molecule has 0 bridgehead atoms. The predicted octanol–water partition coefficient (Wildman–Crippen LogP) is 6.30. The van der Waals surface area contributed by atoms with Gasteiger partial charge in [0.2, 0.25) is 5.95 Å². The largest absolute Gasteiger partial charge is 0.495 e. The van der Waals surface area contributed by atoms with Crippen LogP contribution in [0.2, 0.25) is 5.02 Å². The molecule has 5 rings (SSSR count). The van der Waals surface area contributed by atoms with Gasteiger partial charge in [0, 0.05) is 20.8 Å². The van der Waals surface area contributed by atoms with Gasteiger partial charge in [-0.05, 0) is 48.9 Å². The number of fused-ring (bicyclic) bond motifs is 1. The number of allylic oxidation sites excluding steroid dienone is 1. The lowest BCUT2D eigenvalue weighted by molar-refractivity contribution is -0.113. The Kier molecular flexibility index (Phi) is 6.32. The summed E-state index contributed by atoms with van der Waals surface area (Å²) >= 11 is 9.75. The number of halogens is 2. The summed E-state index contributed by atoms with van der Waals surface area (Å²) < 4.78 is 8.05. The maximum absolute atomic E-state index is 13.7. The molecule has 2 N–H and O–H groups in total. The van der Waals surface area contributed by atoms with Crippen molar-refractivity contribution in [2.75, 3.05) is 17.7 Å². The number of methoxy groups -OCH3 is 1. The summed E-state index contributed by atoms with van der Waals surface area (Å²) in [6.45, 7) is 1.86. The molecule has 7 nitrogen and oxygen atoms in total. The van der Waals surface area contributed by atoms with Crippen LogP contribution >= 0.6 is 27.5 Å². The highest BCUT2D eigenvalue weighted by Gasteiger charge is 2.35. The van der Waals surface area contributed by atoms with Crippen molar-refractivity contribution in [3.8, 4) is 17.1 Å². The number of nitrogens with one attached hydrogen (secondary N) is 2. The van der Waals surface area contributed by atoms with Gasteiger partial charge < -0.3 is 15.4 Å². The Morgan fingerprint density at radius 1 is 1.11 bits per heavy atom. The standard InChI is InChI=1S/C26H21BrClN5O2/c1-15-22(25(34)30-20-11-3-4-12-21(20)35-2)23(16-7-5-9-18(27)13-16)33-26(29-15)31-24(32-33)17-8-6-10-19(28)14-17/h3-14,23H,1-2H3,(H,30,34)(H,29,31,32). The third-order valence-electron chi connectivity index (χ3n) is 5.70. The Labute approximate surface area is 215 Å². The number of nitrogens with zero attached hydrogens (tertiary/aromatic N) is 3. The molecule has 1 aromatic heterocycles. The molecular formula is C26H21BrClN5O2. The zero-order valence-corrected chi connectivity index (χ0v) is 21.3. The fourth-order valence-corrected chi connectivity index (χ4v) is 4.72. The second-order valence-electron chi connectivity index (χ2n) is 7.99. The van der Waals surface area contributed by atoms with E-state index in [4.69, 9.17) is 26.4 Å². The van der Waals surface area contributed by atoms with E-state index in [2.05, 4.69) is 26.6 Å². The van der Waals surface area contributed by atoms with Crippen molar-refractivity contribution in [1.82, 2.24) is 14.8 Å². The van der Waals surface area contributed by atoms with Gasteiger partial charge in [-0.3, -0.25) is 4.79 Å². The van der Waals surface area contributed by atoms with E-state index in [1.54, 1.807) is 30.0 Å². The summed E-state index contributed by atoms with van der Waals surface area (Å²) in [6.07, 6.45) is 0. The van der Waals surface area contributed by atoms with Crippen LogP contribution in [0.4, 0.5) is 11.6 Å². The molecule has 3 aromatic carbocycles. The van der Waals surface area contributed by atoms with Crippen molar-refractivity contribution in [3.63, 3.8) is 0 Å². The number of benzene rings is 3. The van der Waals surface area contributed by atoms with E-state index in [-0.39, 0.29) is 5.91 Å². The zero-order chi connectivity index (χ0) is 24.5. The number of amides is 1. The fraction of sp³-hybridized carbons (Fsp3) is 0.115. The molecule has 1 aliphatic rings. The van der Waals surface area contributed by atoms with E-state index >= 15 is 0 Å². The van der Waals surface area contributed by atoms with Gasteiger partial charge in [0.15, 0.2) is 5.82 Å². The molecule has 35 heavy (non-hydrogen) atoms. The molecule has 1 amide bonds. The van der Waals surface area contributed by atoms with Gasteiger partial charge in [-0.1, -0.05) is 63.9 Å². The minimum atomic E-state index is -0.515. The Hall–Kier alpha value is -3.62. The van der Waals surface area contributed by atoms with Crippen LogP contribution in [0.15, 0.2) is 88.5 Å². The van der Waals surface area contributed by atoms with Crippen LogP contribution in [0.5, 0.6) is 5.75 Å². The van der Waals surface area contributed by atoms with Gasteiger partial charge in [-0.15, -0.1) is 5.10 Å². The van der Waals surface area contributed by atoms with Crippen LogP contribution in [-0.2, 0) is 4.79 Å². The molecule has 2 heterocycles. The first-order valence-electron chi connectivity index (χ1n) is 10.8. The van der Waals surface area contributed by atoms with E-state index < -0.39 is 6.04 Å². The summed E-state index contributed by atoms with van der Waals surface area (Å²) in [6, 6.07) is 22.0. The number of ether oxygens (including phenoxy) is 1. The Balaban J connectivity index is 1.61. The molecule has 4 aromatic rings. The van der Waals surface area contributed by atoms with Gasteiger partial charge in [0.1, 0.15) is 11.8 Å². The van der Waals surface area contributed by atoms with Crippen LogP contribution in [0, 0.1) is 0 Å². The van der Waals surface area contributed by atoms with Crippen molar-refractivity contribution in [1.29, 1.82) is 0 Å². The summed E-state index contributed by atoms with van der Waals surface area (Å²) in [5.74, 6) is 1.35. The first-order valence-corrected chi connectivity index (χ1v) is 12.0. The first-order chi connectivity index (χ1) is 16.9. The van der Waals surface area contributed by atoms with Crippen molar-refractivity contribution < 1.29 is 9.53 Å². The predicted molar refractivity (Wildman–Crippen MR) is 141 cm³/mol. The highest BCUT2D eigenvalue weighted by atomic mass is 79.9. The SMILES string of the molecule is COc1ccccc1NC(=O)C1=C(C)Nc2nc(-c3cccc(Cl)c3)nn2C1c1cccc(Br)c1. The number of carbonyl (C=O) groups is 1. The number of aromatic nitrogens is 3. The smallest absolute Gasteiger partial charge is 0.255 e. The maximum atomic E-state index is 13.7. The number of carbonyl (C=O) groups excluding carboxylic acids is 1. The molecule has 0 fully saturated rings. The molecule has 1 atom stereocenters. The minimum Gasteiger partial charge on any atom is -0.495 e. The van der Waals surface area contributed by atoms with E-state index in [1.807, 2.05) is 61.5 Å². The average Bonchev–Trinajstić information content (AvgIpc) is 3.27. The molecule has 0 aliphatic carbocycles. The fourth-order valence-electron chi connectivity index (χ4n) is 4.12. The molecule has 0 saturated carbocycles. The van der Waals surface area contributed by atoms with E-state index in [0.29, 0.717) is 39.5 Å². The van der Waals surface area contributed by atoms with Crippen LogP contribution in [0.1, 0.15) is 18.5 Å². The van der Waals surface area contributed by atoms with Gasteiger partial charge in [-0.2, -0.15) is 4.98 Å². The number of anilines is 2. The third-order valence-corrected chi connectivity index (χ3v) is 6.43. The molecule has 0 spiro atoms. The number of hydrogen-bond donors (Lipinski definition) is 2. The van der Waals surface area contributed by atoms with Gasteiger partial charge in [-0.25, -0.2) is 4.68 Å². The maximum Gasteiger partial charge on any atom is 0.255 e. The molecule has 0 saturated heterocycles. The molecule has 0 radical (unpaired) electrons. The minimum absolute atomic E-state index is 0.269. The Morgan fingerprint density at radius 2 is 1.91 bits per heavy atom. The van der Waals surface area contributed by atoms with E-state index in [9.17, 15) is 4.79 Å². The highest BCUT2D eigenvalue weighted by molar-refractivity contribution is 9.10. The van der Waals surface area contributed by atoms with Gasteiger partial charge in [0.05, 0.1) is 18.4 Å². The molecule has 9 heteroatoms. The highest BCUT2D eigenvalue weighted by Crippen LogP contribution is 2.38. The number of para-hydroxylation sites is 2. The zero-order valence-electron chi connectivity index (χ0n) is 18.9. The molecule has 1 aliphatic heterocycles. The summed E-state index contributed by atoms with van der Waals surface area (Å²) in [4.78, 5) is 18.4. The van der Waals surface area contributed by atoms with Crippen molar-refractivity contribution >= 4 is 45.1 Å². The normalized spacial score (nSPS) is 14.8. The third kappa shape index (κ3) is 4.54. The second-order valence-corrected chi connectivity index (χ2v) is 9.34. The average molecular weight is 551 g/mol. The number of hydrogen-bond acceptors (Lipinski definition) is 5. The monoisotopic (exact) mass is 549 g/mol. The lowest BCUT2D eigenvalue weighted by Crippen LogP contribution is -2.31. The van der Waals surface area contributed by atoms with E-state index in [1.165, 1.54) is 0 Å². The van der Waals surface area contributed by atoms with Crippen LogP contribution < -0.4 is 15.4 Å². The lowest BCUT2D eigenvalue weighted by atomic mass is 9.95. The Bertz CT molecular complexity index is 1470. The van der Waals surface area contributed by atoms with Crippen LogP contribution in [-0.4, -0.2) is 27.8 Å². The number of rotatable bonds is 5. The van der Waals surface area contributed by atoms with Crippen molar-refractivity contribution in [3.05, 3.63) is 99.1 Å². The van der Waals surface area contributed by atoms with Crippen LogP contribution in [0.3, 0.4) is 0 Å². The van der Waals surface area contributed by atoms with Gasteiger partial charge in [0.25, 0.3) is 5.91 Å². The lowest BCUT2D eigenvalue weighted by Gasteiger charge is -2.29. The first kappa shape index (κ1) is 23.1. The van der Waals surface area contributed by atoms with Crippen molar-refractivity contribution in [2.45, 2.75) is 13.0 Å². The van der Waals surface area contributed by atoms with Gasteiger partial charge >= 0.3 is 0 Å². The topological polar surface area (TPSA) is 81.1 Å². The van der Waals surface area contributed by atoms with E-state index in [0.717, 1.165) is 15.6 Å². The summed E-state index contributed by atoms with van der Waals surface area (Å²) in [7, 11) is 1.57. The van der Waals surface area contributed by atoms with Crippen LogP contribution in [0.25, 0.3) is 11.4 Å².